The third-order valence-electron chi connectivity index (χ3n) is 2.59. The Kier molecular flexibility index (Phi) is 3.23. The van der Waals surface area contributed by atoms with Gasteiger partial charge in [0, 0.05) is 10.9 Å². The Morgan fingerprint density at radius 3 is 2.82 bits per heavy atom. The molecular weight excluding hydrogens is 302 g/mol. The third kappa shape index (κ3) is 2.50. The number of hydrogen-bond acceptors (Lipinski definition) is 3. The molecule has 0 saturated carbocycles. The summed E-state index contributed by atoms with van der Waals surface area (Å²) in [6.45, 7) is 3.44. The molecule has 1 N–H and O–H groups in total. The first kappa shape index (κ1) is 12.5. The predicted molar refractivity (Wildman–Crippen MR) is 72.4 cm³/mol. The second-order valence-electron chi connectivity index (χ2n) is 4.56. The molecule has 1 aromatic carbocycles. The van der Waals surface area contributed by atoms with Crippen molar-refractivity contribution in [3.63, 3.8) is 0 Å². The number of carboxylic acids is 1. The van der Waals surface area contributed by atoms with E-state index in [0.717, 1.165) is 19.7 Å². The van der Waals surface area contributed by atoms with Crippen molar-refractivity contribution in [1.29, 1.82) is 0 Å². The smallest absolute Gasteiger partial charge is 0.309 e. The van der Waals surface area contributed by atoms with Crippen LogP contribution in [0.3, 0.4) is 0 Å². The van der Waals surface area contributed by atoms with Crippen LogP contribution in [0.5, 0.6) is 0 Å². The number of aliphatic carboxylic acids is 1. The molecular formula is C12H12BrNO2S. The summed E-state index contributed by atoms with van der Waals surface area (Å²) >= 11 is 5.00. The number of nitrogens with zero attached hydrogens (tertiary/aromatic N) is 1. The molecule has 0 spiro atoms. The summed E-state index contributed by atoms with van der Waals surface area (Å²) in [7, 11) is 0. The van der Waals surface area contributed by atoms with Crippen LogP contribution in [-0.4, -0.2) is 16.1 Å². The number of halogens is 1. The van der Waals surface area contributed by atoms with Gasteiger partial charge in [0.1, 0.15) is 0 Å². The predicted octanol–water partition coefficient (Wildman–Crippen LogP) is 3.71. The lowest BCUT2D eigenvalue weighted by molar-refractivity contribution is -0.146. The van der Waals surface area contributed by atoms with Gasteiger partial charge in [0.2, 0.25) is 0 Å². The Hall–Kier alpha value is -0.940. The van der Waals surface area contributed by atoms with Crippen LogP contribution >= 0.6 is 27.3 Å². The zero-order valence-corrected chi connectivity index (χ0v) is 11.9. The van der Waals surface area contributed by atoms with Crippen molar-refractivity contribution in [2.24, 2.45) is 5.41 Å². The molecule has 17 heavy (non-hydrogen) atoms. The number of aromatic nitrogens is 1. The van der Waals surface area contributed by atoms with Crippen LogP contribution in [0.2, 0.25) is 0 Å². The average molecular weight is 314 g/mol. The molecule has 0 fully saturated rings. The van der Waals surface area contributed by atoms with Crippen LogP contribution < -0.4 is 0 Å². The SMILES string of the molecule is CC(C)(Cc1nc2c(Br)cccc2s1)C(=O)O. The molecule has 3 nitrogen and oxygen atoms in total. The molecule has 0 aliphatic rings. The summed E-state index contributed by atoms with van der Waals surface area (Å²) in [6.07, 6.45) is 0.452. The minimum absolute atomic E-state index is 0.452. The summed E-state index contributed by atoms with van der Waals surface area (Å²) in [5, 5.41) is 9.96. The number of carbonyl (C=O) groups is 1. The highest BCUT2D eigenvalue weighted by Gasteiger charge is 2.28. The monoisotopic (exact) mass is 313 g/mol. The highest BCUT2D eigenvalue weighted by Crippen LogP contribution is 2.31. The molecule has 1 aromatic heterocycles. The molecule has 0 radical (unpaired) electrons. The van der Waals surface area contributed by atoms with E-state index in [0.29, 0.717) is 6.42 Å². The molecule has 0 atom stereocenters. The largest absolute Gasteiger partial charge is 0.481 e. The first-order chi connectivity index (χ1) is 7.90. The number of hydrogen-bond donors (Lipinski definition) is 1. The molecule has 0 amide bonds. The van der Waals surface area contributed by atoms with Gasteiger partial charge in [-0.05, 0) is 41.9 Å². The third-order valence-corrected chi connectivity index (χ3v) is 4.25. The fourth-order valence-corrected chi connectivity index (χ4v) is 3.30. The molecule has 2 aromatic rings. The van der Waals surface area contributed by atoms with Crippen molar-refractivity contribution in [1.82, 2.24) is 4.98 Å². The van der Waals surface area contributed by atoms with Gasteiger partial charge in [-0.1, -0.05) is 6.07 Å². The van der Waals surface area contributed by atoms with Crippen LogP contribution in [0.15, 0.2) is 22.7 Å². The van der Waals surface area contributed by atoms with E-state index in [9.17, 15) is 4.79 Å². The first-order valence-corrected chi connectivity index (χ1v) is 6.78. The van der Waals surface area contributed by atoms with Crippen molar-refractivity contribution in [3.05, 3.63) is 27.7 Å². The number of carboxylic acid groups (broad SMARTS) is 1. The number of thiazole rings is 1. The van der Waals surface area contributed by atoms with E-state index in [-0.39, 0.29) is 0 Å². The van der Waals surface area contributed by atoms with Crippen molar-refractivity contribution in [3.8, 4) is 0 Å². The van der Waals surface area contributed by atoms with Crippen LogP contribution in [0.1, 0.15) is 18.9 Å². The van der Waals surface area contributed by atoms with Crippen molar-refractivity contribution < 1.29 is 9.90 Å². The molecule has 0 aliphatic carbocycles. The Balaban J connectivity index is 2.38. The Labute approximate surface area is 112 Å². The van der Waals surface area contributed by atoms with E-state index in [1.54, 1.807) is 25.2 Å². The lowest BCUT2D eigenvalue weighted by Gasteiger charge is -2.16. The highest BCUT2D eigenvalue weighted by atomic mass is 79.9. The second kappa shape index (κ2) is 4.38. The minimum Gasteiger partial charge on any atom is -0.481 e. The van der Waals surface area contributed by atoms with E-state index >= 15 is 0 Å². The van der Waals surface area contributed by atoms with Crippen LogP contribution in [0, 0.1) is 5.41 Å². The minimum atomic E-state index is -0.796. The molecule has 0 unspecified atom stereocenters. The van der Waals surface area contributed by atoms with Gasteiger partial charge >= 0.3 is 5.97 Å². The maximum atomic E-state index is 11.1. The van der Waals surface area contributed by atoms with Gasteiger partial charge in [-0.2, -0.15) is 0 Å². The van der Waals surface area contributed by atoms with Gasteiger partial charge in [-0.25, -0.2) is 4.98 Å². The van der Waals surface area contributed by atoms with Crippen LogP contribution in [-0.2, 0) is 11.2 Å². The summed E-state index contributed by atoms with van der Waals surface area (Å²) < 4.78 is 2.03. The van der Waals surface area contributed by atoms with Gasteiger partial charge in [0.05, 0.1) is 20.6 Å². The first-order valence-electron chi connectivity index (χ1n) is 5.17. The van der Waals surface area contributed by atoms with E-state index in [2.05, 4.69) is 20.9 Å². The van der Waals surface area contributed by atoms with Gasteiger partial charge in [0.15, 0.2) is 0 Å². The van der Waals surface area contributed by atoms with Crippen molar-refractivity contribution >= 4 is 43.5 Å². The van der Waals surface area contributed by atoms with Crippen LogP contribution in [0.25, 0.3) is 10.2 Å². The maximum Gasteiger partial charge on any atom is 0.309 e. The zero-order valence-electron chi connectivity index (χ0n) is 9.53. The molecule has 0 saturated heterocycles. The summed E-state index contributed by atoms with van der Waals surface area (Å²) in [5.41, 5.74) is 0.133. The fraction of sp³-hybridized carbons (Fsp3) is 0.333. The molecule has 2 rings (SSSR count). The van der Waals surface area contributed by atoms with Crippen molar-refractivity contribution in [2.45, 2.75) is 20.3 Å². The zero-order chi connectivity index (χ0) is 12.6. The van der Waals surface area contributed by atoms with Crippen molar-refractivity contribution in [2.75, 3.05) is 0 Å². The van der Waals surface area contributed by atoms with Crippen LogP contribution in [0.4, 0.5) is 0 Å². The number of para-hydroxylation sites is 1. The molecule has 0 bridgehead atoms. The van der Waals surface area contributed by atoms with E-state index in [4.69, 9.17) is 5.11 Å². The highest BCUT2D eigenvalue weighted by molar-refractivity contribution is 9.10. The van der Waals surface area contributed by atoms with Gasteiger partial charge in [-0.15, -0.1) is 11.3 Å². The summed E-state index contributed by atoms with van der Waals surface area (Å²) in [6, 6.07) is 5.89. The number of rotatable bonds is 3. The Morgan fingerprint density at radius 1 is 1.53 bits per heavy atom. The van der Waals surface area contributed by atoms with E-state index in [1.165, 1.54) is 0 Å². The normalized spacial score (nSPS) is 11.9. The molecule has 0 aliphatic heterocycles. The fourth-order valence-electron chi connectivity index (χ4n) is 1.49. The summed E-state index contributed by atoms with van der Waals surface area (Å²) in [5.74, 6) is -0.796. The van der Waals surface area contributed by atoms with E-state index < -0.39 is 11.4 Å². The topological polar surface area (TPSA) is 50.2 Å². The molecule has 1 heterocycles. The Morgan fingerprint density at radius 2 is 2.24 bits per heavy atom. The van der Waals surface area contributed by atoms with Gasteiger partial charge < -0.3 is 5.11 Å². The second-order valence-corrected chi connectivity index (χ2v) is 6.53. The standard InChI is InChI=1S/C12H12BrNO2S/c1-12(2,11(15)16)6-9-14-10-7(13)4-3-5-8(10)17-9/h3-5H,6H2,1-2H3,(H,15,16). The number of fused-ring (bicyclic) bond motifs is 1. The number of benzene rings is 1. The average Bonchev–Trinajstić information content (AvgIpc) is 2.60. The molecule has 90 valence electrons. The quantitative estimate of drug-likeness (QED) is 0.939. The lowest BCUT2D eigenvalue weighted by atomic mass is 9.90. The summed E-state index contributed by atoms with van der Waals surface area (Å²) in [4.78, 5) is 15.6. The van der Waals surface area contributed by atoms with Gasteiger partial charge in [0.25, 0.3) is 0 Å². The lowest BCUT2D eigenvalue weighted by Crippen LogP contribution is -2.26. The van der Waals surface area contributed by atoms with Gasteiger partial charge in [-0.3, -0.25) is 4.79 Å². The molecule has 5 heteroatoms. The Bertz CT molecular complexity index is 577. The maximum absolute atomic E-state index is 11.1. The van der Waals surface area contributed by atoms with E-state index in [1.807, 2.05) is 18.2 Å².